The first-order valence-electron chi connectivity index (χ1n) is 7.67. The molecule has 1 aromatic heterocycles. The van der Waals surface area contributed by atoms with Crippen LogP contribution in [0.3, 0.4) is 0 Å². The van der Waals surface area contributed by atoms with E-state index in [4.69, 9.17) is 4.74 Å². The molecule has 1 saturated heterocycles. The first-order chi connectivity index (χ1) is 10.0. The summed E-state index contributed by atoms with van der Waals surface area (Å²) in [6, 6.07) is 0. The number of carbonyl (C=O) groups excluding carboxylic acids is 1. The zero-order chi connectivity index (χ0) is 15.0. The van der Waals surface area contributed by atoms with Crippen LogP contribution in [0.1, 0.15) is 25.2 Å². The molecule has 0 spiro atoms. The molecule has 6 nitrogen and oxygen atoms in total. The largest absolute Gasteiger partial charge is 0.372 e. The Labute approximate surface area is 125 Å². The fraction of sp³-hybridized carbons (Fsp3) is 0.733. The number of fused-ring (bicyclic) bond motifs is 1. The van der Waals surface area contributed by atoms with Crippen LogP contribution < -0.4 is 0 Å². The fourth-order valence-electron chi connectivity index (χ4n) is 3.32. The summed E-state index contributed by atoms with van der Waals surface area (Å²) in [6.07, 6.45) is 3.08. The Morgan fingerprint density at radius 3 is 2.81 bits per heavy atom. The van der Waals surface area contributed by atoms with Crippen LogP contribution in [0.4, 0.5) is 0 Å². The van der Waals surface area contributed by atoms with Crippen molar-refractivity contribution in [3.63, 3.8) is 0 Å². The highest BCUT2D eigenvalue weighted by atomic mass is 16.5. The van der Waals surface area contributed by atoms with E-state index in [2.05, 4.69) is 14.5 Å². The van der Waals surface area contributed by atoms with E-state index in [1.807, 2.05) is 32.1 Å². The van der Waals surface area contributed by atoms with Gasteiger partial charge in [-0.2, -0.15) is 0 Å². The van der Waals surface area contributed by atoms with E-state index < -0.39 is 0 Å². The van der Waals surface area contributed by atoms with Gasteiger partial charge in [-0.15, -0.1) is 0 Å². The van der Waals surface area contributed by atoms with E-state index in [1.54, 1.807) is 0 Å². The lowest BCUT2D eigenvalue weighted by molar-refractivity contribution is -0.144. The zero-order valence-electron chi connectivity index (χ0n) is 13.1. The normalized spacial score (nSPS) is 26.7. The van der Waals surface area contributed by atoms with Crippen LogP contribution >= 0.6 is 0 Å². The Balaban J connectivity index is 1.58. The lowest BCUT2D eigenvalue weighted by Gasteiger charge is -2.37. The van der Waals surface area contributed by atoms with Gasteiger partial charge in [0, 0.05) is 45.3 Å². The second kappa shape index (κ2) is 5.77. The first-order valence-corrected chi connectivity index (χ1v) is 7.67. The molecule has 1 amide bonds. The molecular formula is C15H24N4O2. The molecule has 6 heteroatoms. The van der Waals surface area contributed by atoms with Crippen molar-refractivity contribution in [2.24, 2.45) is 7.05 Å². The fourth-order valence-corrected chi connectivity index (χ4v) is 3.32. The minimum atomic E-state index is 0.126. The summed E-state index contributed by atoms with van der Waals surface area (Å²) in [5.74, 6) is 0.205. The molecule has 0 aromatic carbocycles. The van der Waals surface area contributed by atoms with Crippen molar-refractivity contribution in [2.75, 3.05) is 26.2 Å². The number of aromatic nitrogens is 2. The first kappa shape index (κ1) is 14.5. The van der Waals surface area contributed by atoms with Crippen LogP contribution in [0.25, 0.3) is 0 Å². The standard InChI is InChI=1S/C15H24N4O2/c1-11-6-19(7-12(2)21-11)15(20)9-18-5-4-14-13(8-18)16-10-17(14)3/h10-12H,4-9H2,1-3H3. The molecule has 2 aliphatic heterocycles. The highest BCUT2D eigenvalue weighted by molar-refractivity contribution is 5.78. The lowest BCUT2D eigenvalue weighted by Crippen LogP contribution is -2.51. The van der Waals surface area contributed by atoms with E-state index >= 15 is 0 Å². The molecule has 2 atom stereocenters. The molecule has 0 N–H and O–H groups in total. The maximum atomic E-state index is 12.5. The van der Waals surface area contributed by atoms with Gasteiger partial charge >= 0.3 is 0 Å². The number of ether oxygens (including phenoxy) is 1. The van der Waals surface area contributed by atoms with Gasteiger partial charge in [-0.3, -0.25) is 9.69 Å². The van der Waals surface area contributed by atoms with Crippen LogP contribution in [0.15, 0.2) is 6.33 Å². The van der Waals surface area contributed by atoms with Gasteiger partial charge < -0.3 is 14.2 Å². The summed E-state index contributed by atoms with van der Waals surface area (Å²) in [5, 5.41) is 0. The maximum absolute atomic E-state index is 12.5. The molecule has 2 aliphatic rings. The Morgan fingerprint density at radius 2 is 2.10 bits per heavy atom. The van der Waals surface area contributed by atoms with Gasteiger partial charge in [-0.05, 0) is 13.8 Å². The number of carbonyl (C=O) groups is 1. The van der Waals surface area contributed by atoms with Gasteiger partial charge in [0.05, 0.1) is 30.8 Å². The molecule has 1 fully saturated rings. The molecule has 0 saturated carbocycles. The summed E-state index contributed by atoms with van der Waals surface area (Å²) >= 11 is 0. The molecule has 2 unspecified atom stereocenters. The summed E-state index contributed by atoms with van der Waals surface area (Å²) in [5.41, 5.74) is 2.41. The molecular weight excluding hydrogens is 268 g/mol. The SMILES string of the molecule is CC1CN(C(=O)CN2CCc3c(ncn3C)C2)CC(C)O1. The highest BCUT2D eigenvalue weighted by Crippen LogP contribution is 2.17. The van der Waals surface area contributed by atoms with E-state index in [0.717, 1.165) is 25.2 Å². The number of morpholine rings is 1. The van der Waals surface area contributed by atoms with Gasteiger partial charge in [0.1, 0.15) is 0 Å². The van der Waals surface area contributed by atoms with Crippen molar-refractivity contribution in [3.05, 3.63) is 17.7 Å². The maximum Gasteiger partial charge on any atom is 0.236 e. The molecule has 1 aromatic rings. The molecule has 0 bridgehead atoms. The van der Waals surface area contributed by atoms with E-state index in [1.165, 1.54) is 5.69 Å². The predicted molar refractivity (Wildman–Crippen MR) is 78.8 cm³/mol. The number of amides is 1. The number of nitrogens with zero attached hydrogens (tertiary/aromatic N) is 4. The van der Waals surface area contributed by atoms with Gasteiger partial charge in [0.15, 0.2) is 0 Å². The van der Waals surface area contributed by atoms with Crippen LogP contribution in [0.5, 0.6) is 0 Å². The second-order valence-corrected chi connectivity index (χ2v) is 6.27. The third kappa shape index (κ3) is 3.11. The third-order valence-electron chi connectivity index (χ3n) is 4.32. The Kier molecular flexibility index (Phi) is 3.99. The second-order valence-electron chi connectivity index (χ2n) is 6.27. The number of rotatable bonds is 2. The van der Waals surface area contributed by atoms with Crippen molar-refractivity contribution in [1.82, 2.24) is 19.4 Å². The molecule has 21 heavy (non-hydrogen) atoms. The molecule has 3 rings (SSSR count). The number of aryl methyl sites for hydroxylation is 1. The van der Waals surface area contributed by atoms with E-state index in [9.17, 15) is 4.79 Å². The minimum absolute atomic E-state index is 0.126. The summed E-state index contributed by atoms with van der Waals surface area (Å²) in [7, 11) is 2.03. The Morgan fingerprint density at radius 1 is 1.38 bits per heavy atom. The quantitative estimate of drug-likeness (QED) is 0.792. The molecule has 3 heterocycles. The average Bonchev–Trinajstić information content (AvgIpc) is 2.79. The zero-order valence-corrected chi connectivity index (χ0v) is 13.1. The van der Waals surface area contributed by atoms with E-state index in [-0.39, 0.29) is 18.1 Å². The topological polar surface area (TPSA) is 50.6 Å². The van der Waals surface area contributed by atoms with Crippen LogP contribution in [-0.4, -0.2) is 63.6 Å². The average molecular weight is 292 g/mol. The van der Waals surface area contributed by atoms with Gasteiger partial charge in [-0.25, -0.2) is 4.98 Å². The summed E-state index contributed by atoms with van der Waals surface area (Å²) in [6.45, 7) is 7.63. The van der Waals surface area contributed by atoms with Crippen molar-refractivity contribution < 1.29 is 9.53 Å². The van der Waals surface area contributed by atoms with Gasteiger partial charge in [0.25, 0.3) is 0 Å². The summed E-state index contributed by atoms with van der Waals surface area (Å²) in [4.78, 5) is 21.0. The lowest BCUT2D eigenvalue weighted by atomic mass is 10.1. The van der Waals surface area contributed by atoms with Crippen molar-refractivity contribution >= 4 is 5.91 Å². The third-order valence-corrected chi connectivity index (χ3v) is 4.32. The number of hydrogen-bond acceptors (Lipinski definition) is 4. The van der Waals surface area contributed by atoms with Crippen molar-refractivity contribution in [1.29, 1.82) is 0 Å². The van der Waals surface area contributed by atoms with Gasteiger partial charge in [-0.1, -0.05) is 0 Å². The van der Waals surface area contributed by atoms with Crippen molar-refractivity contribution in [3.8, 4) is 0 Å². The minimum Gasteiger partial charge on any atom is -0.372 e. The smallest absolute Gasteiger partial charge is 0.236 e. The van der Waals surface area contributed by atoms with Crippen molar-refractivity contribution in [2.45, 2.75) is 39.0 Å². The monoisotopic (exact) mass is 292 g/mol. The molecule has 0 radical (unpaired) electrons. The molecule has 0 aliphatic carbocycles. The van der Waals surface area contributed by atoms with Crippen LogP contribution in [0.2, 0.25) is 0 Å². The van der Waals surface area contributed by atoms with Gasteiger partial charge in [0.2, 0.25) is 5.91 Å². The summed E-state index contributed by atoms with van der Waals surface area (Å²) < 4.78 is 7.77. The number of hydrogen-bond donors (Lipinski definition) is 0. The van der Waals surface area contributed by atoms with Crippen LogP contribution in [-0.2, 0) is 29.5 Å². The Hall–Kier alpha value is -1.40. The highest BCUT2D eigenvalue weighted by Gasteiger charge is 2.28. The number of imidazole rings is 1. The van der Waals surface area contributed by atoms with Crippen LogP contribution in [0, 0.1) is 0 Å². The molecule has 116 valence electrons. The Bertz CT molecular complexity index is 518. The predicted octanol–water partition coefficient (Wildman–Crippen LogP) is 0.414. The van der Waals surface area contributed by atoms with E-state index in [0.29, 0.717) is 19.6 Å².